The fourth-order valence-electron chi connectivity index (χ4n) is 3.79. The van der Waals surface area contributed by atoms with Crippen LogP contribution in [0.4, 0.5) is 0 Å². The second-order valence-electron chi connectivity index (χ2n) is 5.77. The Balaban J connectivity index is 1.78. The largest absolute Gasteiger partial charge is 0.624 e. The number of nitrogens with zero attached hydrogens (tertiary/aromatic N) is 1. The third-order valence-electron chi connectivity index (χ3n) is 4.71. The van der Waals surface area contributed by atoms with Gasteiger partial charge in [-0.25, -0.2) is 4.74 Å². The van der Waals surface area contributed by atoms with E-state index in [1.54, 1.807) is 0 Å². The van der Waals surface area contributed by atoms with E-state index in [9.17, 15) is 5.21 Å². The van der Waals surface area contributed by atoms with Crippen LogP contribution in [0.1, 0.15) is 29.0 Å². The van der Waals surface area contributed by atoms with E-state index in [-0.39, 0.29) is 0 Å². The van der Waals surface area contributed by atoms with Gasteiger partial charge in [0.05, 0.1) is 11.8 Å². The maximum atomic E-state index is 12.4. The van der Waals surface area contributed by atoms with Crippen LogP contribution in [0, 0.1) is 11.1 Å². The van der Waals surface area contributed by atoms with E-state index in [1.807, 2.05) is 12.1 Å². The van der Waals surface area contributed by atoms with Crippen molar-refractivity contribution in [3.8, 4) is 0 Å². The van der Waals surface area contributed by atoms with Crippen molar-refractivity contribution in [3.05, 3.63) is 76.5 Å². The van der Waals surface area contributed by atoms with Gasteiger partial charge in [-0.1, -0.05) is 48.5 Å². The van der Waals surface area contributed by atoms with E-state index in [1.165, 1.54) is 21.4 Å². The van der Waals surface area contributed by atoms with E-state index >= 15 is 0 Å². The van der Waals surface area contributed by atoms with Crippen molar-refractivity contribution in [3.63, 3.8) is 0 Å². The van der Waals surface area contributed by atoms with Gasteiger partial charge in [-0.15, -0.1) is 0 Å². The molecule has 2 unspecified atom stereocenters. The number of hydrogen-bond donors (Lipinski definition) is 0. The maximum Gasteiger partial charge on any atom is 0.198 e. The molecule has 1 aliphatic carbocycles. The quantitative estimate of drug-likeness (QED) is 0.572. The molecule has 0 fully saturated rings. The first-order chi connectivity index (χ1) is 9.84. The Hall–Kier alpha value is -2.09. The zero-order valence-corrected chi connectivity index (χ0v) is 11.3. The van der Waals surface area contributed by atoms with Gasteiger partial charge in [0.1, 0.15) is 0 Å². The number of fused-ring (bicyclic) bond motifs is 3. The Kier molecular flexibility index (Phi) is 2.62. The Morgan fingerprint density at radius 1 is 0.900 bits per heavy atom. The van der Waals surface area contributed by atoms with Crippen molar-refractivity contribution in [2.24, 2.45) is 5.92 Å². The Morgan fingerprint density at radius 3 is 2.50 bits per heavy atom. The SMILES string of the molecule is [O-][N+]1=C2c3ccccc3CCC2C(c2ccccc2)C1. The highest BCUT2D eigenvalue weighted by molar-refractivity contribution is 6.02. The highest BCUT2D eigenvalue weighted by Gasteiger charge is 2.43. The van der Waals surface area contributed by atoms with Crippen LogP contribution in [0.15, 0.2) is 54.6 Å². The van der Waals surface area contributed by atoms with Gasteiger partial charge in [-0.05, 0) is 30.0 Å². The first kappa shape index (κ1) is 11.7. The number of benzene rings is 2. The van der Waals surface area contributed by atoms with E-state index in [0.29, 0.717) is 18.4 Å². The molecule has 0 spiro atoms. The summed E-state index contributed by atoms with van der Waals surface area (Å²) >= 11 is 0. The molecule has 0 saturated carbocycles. The second-order valence-corrected chi connectivity index (χ2v) is 5.77. The molecule has 2 aromatic rings. The average molecular weight is 263 g/mol. The molecule has 2 atom stereocenters. The summed E-state index contributed by atoms with van der Waals surface area (Å²) < 4.78 is 1.24. The molecular formula is C18H17NO. The van der Waals surface area contributed by atoms with E-state index in [4.69, 9.17) is 0 Å². The van der Waals surface area contributed by atoms with E-state index in [0.717, 1.165) is 18.6 Å². The summed E-state index contributed by atoms with van der Waals surface area (Å²) in [6, 6.07) is 18.9. The van der Waals surface area contributed by atoms with Crippen molar-refractivity contribution >= 4 is 5.71 Å². The highest BCUT2D eigenvalue weighted by atomic mass is 16.5. The third kappa shape index (κ3) is 1.68. The van der Waals surface area contributed by atoms with Gasteiger partial charge in [-0.3, -0.25) is 0 Å². The summed E-state index contributed by atoms with van der Waals surface area (Å²) in [6.45, 7) is 0.596. The summed E-state index contributed by atoms with van der Waals surface area (Å²) in [6.07, 6.45) is 2.17. The molecule has 0 saturated heterocycles. The Labute approximate surface area is 119 Å². The van der Waals surface area contributed by atoms with Crippen molar-refractivity contribution < 1.29 is 4.74 Å². The molecule has 4 rings (SSSR count). The third-order valence-corrected chi connectivity index (χ3v) is 4.71. The number of hydrogen-bond acceptors (Lipinski definition) is 1. The van der Waals surface area contributed by atoms with Crippen LogP contribution in [0.25, 0.3) is 0 Å². The fourth-order valence-corrected chi connectivity index (χ4v) is 3.79. The van der Waals surface area contributed by atoms with Gasteiger partial charge < -0.3 is 5.21 Å². The number of rotatable bonds is 1. The molecule has 0 bridgehead atoms. The summed E-state index contributed by atoms with van der Waals surface area (Å²) in [5, 5.41) is 12.4. The Morgan fingerprint density at radius 2 is 1.65 bits per heavy atom. The van der Waals surface area contributed by atoms with Gasteiger partial charge in [0.2, 0.25) is 0 Å². The first-order valence-electron chi connectivity index (χ1n) is 7.29. The van der Waals surface area contributed by atoms with Crippen molar-refractivity contribution in [2.75, 3.05) is 6.54 Å². The topological polar surface area (TPSA) is 26.1 Å². The molecule has 0 radical (unpaired) electrons. The number of aryl methyl sites for hydroxylation is 1. The lowest BCUT2D eigenvalue weighted by Crippen LogP contribution is -2.26. The van der Waals surface area contributed by atoms with Crippen LogP contribution in [-0.4, -0.2) is 17.0 Å². The van der Waals surface area contributed by atoms with Crippen molar-refractivity contribution in [1.29, 1.82) is 0 Å². The molecular weight excluding hydrogens is 246 g/mol. The van der Waals surface area contributed by atoms with E-state index in [2.05, 4.69) is 42.5 Å². The maximum absolute atomic E-state index is 12.4. The predicted molar refractivity (Wildman–Crippen MR) is 80.0 cm³/mol. The number of hydroxylamine groups is 1. The molecule has 0 amide bonds. The van der Waals surface area contributed by atoms with Gasteiger partial charge in [0, 0.05) is 5.56 Å². The Bertz CT molecular complexity index is 675. The van der Waals surface area contributed by atoms with Crippen LogP contribution in [0.5, 0.6) is 0 Å². The zero-order valence-electron chi connectivity index (χ0n) is 11.3. The predicted octanol–water partition coefficient (Wildman–Crippen LogP) is 3.35. The lowest BCUT2D eigenvalue weighted by Gasteiger charge is -2.23. The van der Waals surface area contributed by atoms with Gasteiger partial charge in [0.25, 0.3) is 0 Å². The summed E-state index contributed by atoms with van der Waals surface area (Å²) in [7, 11) is 0. The molecule has 20 heavy (non-hydrogen) atoms. The summed E-state index contributed by atoms with van der Waals surface area (Å²) in [4.78, 5) is 0. The molecule has 1 aliphatic heterocycles. The summed E-state index contributed by atoms with van der Waals surface area (Å²) in [5.41, 5.74) is 4.82. The lowest BCUT2D eigenvalue weighted by atomic mass is 9.75. The van der Waals surface area contributed by atoms with Crippen LogP contribution >= 0.6 is 0 Å². The minimum absolute atomic E-state index is 0.344. The summed E-state index contributed by atoms with van der Waals surface area (Å²) in [5.74, 6) is 0.724. The smallest absolute Gasteiger partial charge is 0.198 e. The fraction of sp³-hybridized carbons (Fsp3) is 0.278. The van der Waals surface area contributed by atoms with Crippen LogP contribution in [-0.2, 0) is 6.42 Å². The molecule has 0 aromatic heterocycles. The van der Waals surface area contributed by atoms with Gasteiger partial charge in [-0.2, -0.15) is 0 Å². The van der Waals surface area contributed by atoms with Crippen molar-refractivity contribution in [2.45, 2.75) is 18.8 Å². The first-order valence-corrected chi connectivity index (χ1v) is 7.29. The molecule has 2 aliphatic rings. The van der Waals surface area contributed by atoms with Gasteiger partial charge in [0.15, 0.2) is 12.3 Å². The average Bonchev–Trinajstić information content (AvgIpc) is 2.86. The molecule has 2 heteroatoms. The van der Waals surface area contributed by atoms with Gasteiger partial charge >= 0.3 is 0 Å². The standard InChI is InChI=1S/C18H17NO/c20-19-12-17(13-6-2-1-3-7-13)16-11-10-14-8-4-5-9-15(14)18(16)19/h1-9,16-17H,10-12H2. The normalized spacial score (nSPS) is 24.4. The monoisotopic (exact) mass is 263 g/mol. The highest BCUT2D eigenvalue weighted by Crippen LogP contribution is 2.39. The minimum Gasteiger partial charge on any atom is -0.624 e. The molecule has 2 nitrogen and oxygen atoms in total. The molecule has 0 N–H and O–H groups in total. The molecule has 100 valence electrons. The van der Waals surface area contributed by atoms with Crippen LogP contribution in [0.2, 0.25) is 0 Å². The minimum atomic E-state index is 0.344. The zero-order chi connectivity index (χ0) is 13.5. The molecule has 1 heterocycles. The van der Waals surface area contributed by atoms with Crippen LogP contribution < -0.4 is 0 Å². The second kappa shape index (κ2) is 4.48. The van der Waals surface area contributed by atoms with Crippen molar-refractivity contribution in [1.82, 2.24) is 0 Å². The van der Waals surface area contributed by atoms with E-state index < -0.39 is 0 Å². The van der Waals surface area contributed by atoms with Crippen LogP contribution in [0.3, 0.4) is 0 Å². The molecule has 2 aromatic carbocycles. The lowest BCUT2D eigenvalue weighted by molar-refractivity contribution is -0.450.